The molecule has 0 bridgehead atoms. The van der Waals surface area contributed by atoms with E-state index < -0.39 is 5.97 Å². The molecule has 1 aromatic carbocycles. The van der Waals surface area contributed by atoms with E-state index in [0.717, 1.165) is 5.39 Å². The third kappa shape index (κ3) is 1.50. The second-order valence-electron chi connectivity index (χ2n) is 3.01. The molecule has 1 aromatic heterocycles. The summed E-state index contributed by atoms with van der Waals surface area (Å²) < 4.78 is 9.70. The van der Waals surface area contributed by atoms with Crippen molar-refractivity contribution >= 4 is 22.7 Å². The molecule has 2 aromatic rings. The summed E-state index contributed by atoms with van der Waals surface area (Å²) in [5, 5.41) is 8.34. The minimum Gasteiger partial charge on any atom is -0.464 e. The van der Waals surface area contributed by atoms with Crippen molar-refractivity contribution in [3.05, 3.63) is 36.1 Å². The topological polar surface area (TPSA) is 63.3 Å². The molecular weight excluding hydrogens is 194 g/mol. The van der Waals surface area contributed by atoms with E-state index in [1.807, 2.05) is 12.1 Å². The molecule has 15 heavy (non-hydrogen) atoms. The third-order valence-corrected chi connectivity index (χ3v) is 2.14. The van der Waals surface area contributed by atoms with Crippen LogP contribution in [-0.4, -0.2) is 18.8 Å². The molecule has 1 N–H and O–H groups in total. The SMILES string of the molecule is COC(=O)C(=N)c1coc2ccccc12. The molecule has 0 atom stereocenters. The molecule has 0 saturated heterocycles. The van der Waals surface area contributed by atoms with E-state index >= 15 is 0 Å². The molecule has 0 aliphatic heterocycles. The first kappa shape index (κ1) is 9.45. The van der Waals surface area contributed by atoms with Crippen LogP contribution in [0.25, 0.3) is 11.0 Å². The number of benzene rings is 1. The first-order valence-electron chi connectivity index (χ1n) is 4.37. The highest BCUT2D eigenvalue weighted by Gasteiger charge is 2.16. The number of ether oxygens (including phenoxy) is 1. The van der Waals surface area contributed by atoms with Gasteiger partial charge in [-0.2, -0.15) is 0 Å². The number of methoxy groups -OCH3 is 1. The monoisotopic (exact) mass is 203 g/mol. The molecule has 2 rings (SSSR count). The Bertz CT molecular complexity index is 527. The van der Waals surface area contributed by atoms with Gasteiger partial charge in [-0.25, -0.2) is 4.79 Å². The molecule has 0 radical (unpaired) electrons. The van der Waals surface area contributed by atoms with Crippen LogP contribution in [0.15, 0.2) is 34.9 Å². The second kappa shape index (κ2) is 3.57. The standard InChI is InChI=1S/C11H9NO3/c1-14-11(13)10(12)8-6-15-9-5-3-2-4-7(8)9/h2-6,12H,1H3. The number of nitrogens with one attached hydrogen (secondary N) is 1. The lowest BCUT2D eigenvalue weighted by atomic mass is 10.1. The summed E-state index contributed by atoms with van der Waals surface area (Å²) in [4.78, 5) is 11.2. The van der Waals surface area contributed by atoms with E-state index in [4.69, 9.17) is 9.83 Å². The van der Waals surface area contributed by atoms with Crippen molar-refractivity contribution in [2.75, 3.05) is 7.11 Å². The van der Waals surface area contributed by atoms with Gasteiger partial charge in [-0.15, -0.1) is 0 Å². The number of furan rings is 1. The van der Waals surface area contributed by atoms with Gasteiger partial charge >= 0.3 is 5.97 Å². The Morgan fingerprint density at radius 2 is 2.13 bits per heavy atom. The van der Waals surface area contributed by atoms with E-state index in [1.165, 1.54) is 13.4 Å². The van der Waals surface area contributed by atoms with Gasteiger partial charge < -0.3 is 9.15 Å². The van der Waals surface area contributed by atoms with Crippen LogP contribution in [0.2, 0.25) is 0 Å². The van der Waals surface area contributed by atoms with Crippen molar-refractivity contribution in [3.63, 3.8) is 0 Å². The number of para-hydroxylation sites is 1. The van der Waals surface area contributed by atoms with Gasteiger partial charge in [0.2, 0.25) is 0 Å². The van der Waals surface area contributed by atoms with Gasteiger partial charge in [0.1, 0.15) is 11.8 Å². The summed E-state index contributed by atoms with van der Waals surface area (Å²) in [6.07, 6.45) is 1.39. The molecule has 4 heteroatoms. The Morgan fingerprint density at radius 3 is 2.87 bits per heavy atom. The highest BCUT2D eigenvalue weighted by atomic mass is 16.5. The van der Waals surface area contributed by atoms with Crippen molar-refractivity contribution in [2.45, 2.75) is 0 Å². The molecule has 0 unspecified atom stereocenters. The number of carbonyl (C=O) groups excluding carboxylic acids is 1. The molecule has 4 nitrogen and oxygen atoms in total. The predicted octanol–water partition coefficient (Wildman–Crippen LogP) is 1.97. The van der Waals surface area contributed by atoms with Crippen molar-refractivity contribution in [1.29, 1.82) is 5.41 Å². The average Bonchev–Trinajstić information content (AvgIpc) is 2.70. The highest BCUT2D eigenvalue weighted by molar-refractivity contribution is 6.44. The first-order valence-corrected chi connectivity index (χ1v) is 4.37. The molecule has 0 aliphatic carbocycles. The zero-order chi connectivity index (χ0) is 10.8. The summed E-state index contributed by atoms with van der Waals surface area (Å²) in [5.74, 6) is -0.665. The number of carbonyl (C=O) groups is 1. The summed E-state index contributed by atoms with van der Waals surface area (Å²) in [7, 11) is 1.25. The van der Waals surface area contributed by atoms with E-state index in [1.54, 1.807) is 12.1 Å². The summed E-state index contributed by atoms with van der Waals surface area (Å²) in [6.45, 7) is 0. The number of fused-ring (bicyclic) bond motifs is 1. The van der Waals surface area contributed by atoms with Crippen molar-refractivity contribution in [1.82, 2.24) is 0 Å². The third-order valence-electron chi connectivity index (χ3n) is 2.14. The zero-order valence-electron chi connectivity index (χ0n) is 8.11. The fourth-order valence-corrected chi connectivity index (χ4v) is 1.38. The minimum absolute atomic E-state index is 0.192. The number of hydrogen-bond acceptors (Lipinski definition) is 4. The van der Waals surface area contributed by atoms with Crippen LogP contribution in [0, 0.1) is 5.41 Å². The molecule has 0 saturated carbocycles. The highest BCUT2D eigenvalue weighted by Crippen LogP contribution is 2.21. The maximum atomic E-state index is 11.2. The van der Waals surface area contributed by atoms with Gasteiger partial charge in [0.25, 0.3) is 0 Å². The van der Waals surface area contributed by atoms with Crippen LogP contribution in [-0.2, 0) is 9.53 Å². The summed E-state index contributed by atoms with van der Waals surface area (Å²) in [5.41, 5.74) is 0.918. The lowest BCUT2D eigenvalue weighted by Gasteiger charge is -1.98. The van der Waals surface area contributed by atoms with Crippen LogP contribution in [0.1, 0.15) is 5.56 Å². The first-order chi connectivity index (χ1) is 7.24. The largest absolute Gasteiger partial charge is 0.464 e. The number of esters is 1. The molecule has 0 spiro atoms. The molecule has 0 fully saturated rings. The zero-order valence-corrected chi connectivity index (χ0v) is 8.11. The van der Waals surface area contributed by atoms with Gasteiger partial charge in [0.05, 0.1) is 12.7 Å². The Morgan fingerprint density at radius 1 is 1.40 bits per heavy atom. The van der Waals surface area contributed by atoms with Gasteiger partial charge in [-0.3, -0.25) is 5.41 Å². The van der Waals surface area contributed by atoms with Gasteiger partial charge in [-0.1, -0.05) is 18.2 Å². The number of rotatable bonds is 2. The lowest BCUT2D eigenvalue weighted by molar-refractivity contribution is -0.132. The van der Waals surface area contributed by atoms with Crippen molar-refractivity contribution in [3.8, 4) is 0 Å². The molecule has 1 heterocycles. The van der Waals surface area contributed by atoms with Crippen molar-refractivity contribution in [2.24, 2.45) is 0 Å². The van der Waals surface area contributed by atoms with Gasteiger partial charge in [0, 0.05) is 5.39 Å². The van der Waals surface area contributed by atoms with Crippen LogP contribution in [0.4, 0.5) is 0 Å². The molecule has 0 amide bonds. The quantitative estimate of drug-likeness (QED) is 0.599. The van der Waals surface area contributed by atoms with Gasteiger partial charge in [0.15, 0.2) is 5.71 Å². The fourth-order valence-electron chi connectivity index (χ4n) is 1.38. The van der Waals surface area contributed by atoms with E-state index in [0.29, 0.717) is 11.1 Å². The Hall–Kier alpha value is -2.10. The van der Waals surface area contributed by atoms with Crippen LogP contribution < -0.4 is 0 Å². The lowest BCUT2D eigenvalue weighted by Crippen LogP contribution is -2.15. The maximum absolute atomic E-state index is 11.2. The van der Waals surface area contributed by atoms with Crippen LogP contribution in [0.5, 0.6) is 0 Å². The summed E-state index contributed by atoms with van der Waals surface area (Å²) >= 11 is 0. The van der Waals surface area contributed by atoms with E-state index in [-0.39, 0.29) is 5.71 Å². The maximum Gasteiger partial charge on any atom is 0.356 e. The van der Waals surface area contributed by atoms with Gasteiger partial charge in [-0.05, 0) is 6.07 Å². The number of hydrogen-bond donors (Lipinski definition) is 1. The predicted molar refractivity (Wildman–Crippen MR) is 55.1 cm³/mol. The average molecular weight is 203 g/mol. The van der Waals surface area contributed by atoms with Crippen LogP contribution >= 0.6 is 0 Å². The van der Waals surface area contributed by atoms with E-state index in [2.05, 4.69) is 4.74 Å². The molecule has 0 aliphatic rings. The molecular formula is C11H9NO3. The minimum atomic E-state index is -0.665. The normalized spacial score (nSPS) is 10.2. The fraction of sp³-hybridized carbons (Fsp3) is 0.0909. The Kier molecular flexibility index (Phi) is 2.25. The summed E-state index contributed by atoms with van der Waals surface area (Å²) in [6, 6.07) is 7.23. The van der Waals surface area contributed by atoms with Crippen molar-refractivity contribution < 1.29 is 13.9 Å². The van der Waals surface area contributed by atoms with Crippen LogP contribution in [0.3, 0.4) is 0 Å². The van der Waals surface area contributed by atoms with E-state index in [9.17, 15) is 4.79 Å². The Balaban J connectivity index is 2.53. The smallest absolute Gasteiger partial charge is 0.356 e. The second-order valence-corrected chi connectivity index (χ2v) is 3.01. The molecule has 76 valence electrons. The Labute approximate surface area is 86.0 Å².